The lowest BCUT2D eigenvalue weighted by atomic mass is 10.2. The van der Waals surface area contributed by atoms with Gasteiger partial charge in [-0.25, -0.2) is 9.18 Å². The van der Waals surface area contributed by atoms with E-state index in [1.807, 2.05) is 0 Å². The highest BCUT2D eigenvalue weighted by molar-refractivity contribution is 5.96. The largest absolute Gasteiger partial charge is 0.486 e. The molecule has 7 heteroatoms. The smallest absolute Gasteiger partial charge is 0.331 e. The summed E-state index contributed by atoms with van der Waals surface area (Å²) < 4.78 is 28.9. The molecule has 0 unspecified atom stereocenters. The highest BCUT2D eigenvalue weighted by Gasteiger charge is 2.17. The molecule has 0 saturated heterocycles. The molecule has 2 aromatic rings. The minimum atomic E-state index is -1.01. The van der Waals surface area contributed by atoms with Gasteiger partial charge in [-0.15, -0.1) is 0 Å². The lowest BCUT2D eigenvalue weighted by molar-refractivity contribution is -0.148. The molecule has 1 N–H and O–H groups in total. The van der Waals surface area contributed by atoms with Crippen molar-refractivity contribution in [2.75, 3.05) is 18.5 Å². The van der Waals surface area contributed by atoms with Crippen molar-refractivity contribution in [1.82, 2.24) is 0 Å². The zero-order chi connectivity index (χ0) is 19.2. The zero-order valence-electron chi connectivity index (χ0n) is 14.6. The van der Waals surface area contributed by atoms with Gasteiger partial charge in [0.2, 0.25) is 0 Å². The average molecular weight is 371 g/mol. The number of esters is 1. The SMILES string of the molecule is C[C@H](OC(=O)/C=C/c1ccc2c(c1)OCCO2)C(=O)Nc1ccc(F)cc1. The third kappa shape index (κ3) is 5.07. The van der Waals surface area contributed by atoms with E-state index < -0.39 is 23.8 Å². The number of carbonyl (C=O) groups excluding carboxylic acids is 2. The third-order valence-electron chi connectivity index (χ3n) is 3.75. The van der Waals surface area contributed by atoms with Gasteiger partial charge in [-0.05, 0) is 55.0 Å². The van der Waals surface area contributed by atoms with Crippen molar-refractivity contribution in [2.24, 2.45) is 0 Å². The number of hydrogen-bond donors (Lipinski definition) is 1. The van der Waals surface area contributed by atoms with E-state index in [1.165, 1.54) is 37.3 Å². The van der Waals surface area contributed by atoms with Gasteiger partial charge >= 0.3 is 5.97 Å². The molecule has 0 bridgehead atoms. The van der Waals surface area contributed by atoms with Crippen LogP contribution in [0.1, 0.15) is 12.5 Å². The molecule has 6 nitrogen and oxygen atoms in total. The van der Waals surface area contributed by atoms with E-state index in [0.717, 1.165) is 5.56 Å². The molecule has 1 atom stereocenters. The number of anilines is 1. The van der Waals surface area contributed by atoms with Crippen LogP contribution < -0.4 is 14.8 Å². The molecule has 0 aliphatic carbocycles. The maximum absolute atomic E-state index is 12.9. The third-order valence-corrected chi connectivity index (χ3v) is 3.75. The lowest BCUT2D eigenvalue weighted by Crippen LogP contribution is -2.29. The van der Waals surface area contributed by atoms with Crippen molar-refractivity contribution in [2.45, 2.75) is 13.0 Å². The van der Waals surface area contributed by atoms with E-state index in [0.29, 0.717) is 30.4 Å². The quantitative estimate of drug-likeness (QED) is 0.646. The summed E-state index contributed by atoms with van der Waals surface area (Å²) in [5.41, 5.74) is 1.15. The standard InChI is InChI=1S/C20H18FNO5/c1-13(20(24)22-16-6-4-15(21)5-7-16)27-19(23)9-3-14-2-8-17-18(12-14)26-11-10-25-17/h2-9,12-13H,10-11H2,1H3,(H,22,24)/b9-3+/t13-/m0/s1. The molecule has 2 aromatic carbocycles. The molecule has 1 aliphatic rings. The van der Waals surface area contributed by atoms with Crippen molar-refractivity contribution in [1.29, 1.82) is 0 Å². The van der Waals surface area contributed by atoms with Crippen molar-refractivity contribution in [3.8, 4) is 11.5 Å². The van der Waals surface area contributed by atoms with E-state index in [1.54, 1.807) is 24.3 Å². The van der Waals surface area contributed by atoms with E-state index in [-0.39, 0.29) is 0 Å². The van der Waals surface area contributed by atoms with Crippen LogP contribution in [0, 0.1) is 5.82 Å². The molecule has 0 aromatic heterocycles. The van der Waals surface area contributed by atoms with Crippen LogP contribution in [0.4, 0.5) is 10.1 Å². The molecule has 27 heavy (non-hydrogen) atoms. The van der Waals surface area contributed by atoms with E-state index >= 15 is 0 Å². The maximum atomic E-state index is 12.9. The first-order valence-electron chi connectivity index (χ1n) is 8.36. The molecule has 140 valence electrons. The zero-order valence-corrected chi connectivity index (χ0v) is 14.6. The van der Waals surface area contributed by atoms with Crippen LogP contribution >= 0.6 is 0 Å². The average Bonchev–Trinajstić information content (AvgIpc) is 2.68. The minimum absolute atomic E-state index is 0.406. The van der Waals surface area contributed by atoms with Gasteiger partial charge in [-0.2, -0.15) is 0 Å². The van der Waals surface area contributed by atoms with E-state index in [9.17, 15) is 14.0 Å². The predicted molar refractivity (Wildman–Crippen MR) is 97.0 cm³/mol. The Morgan fingerprint density at radius 1 is 1.11 bits per heavy atom. The summed E-state index contributed by atoms with van der Waals surface area (Å²) in [6.07, 6.45) is 1.78. The summed E-state index contributed by atoms with van der Waals surface area (Å²) in [6, 6.07) is 10.6. The number of amides is 1. The Bertz CT molecular complexity index is 863. The number of halogens is 1. The molecular formula is C20H18FNO5. The number of ether oxygens (including phenoxy) is 3. The second-order valence-electron chi connectivity index (χ2n) is 5.81. The Kier molecular flexibility index (Phi) is 5.71. The van der Waals surface area contributed by atoms with Crippen LogP contribution in [0.5, 0.6) is 11.5 Å². The first-order valence-corrected chi connectivity index (χ1v) is 8.36. The topological polar surface area (TPSA) is 73.9 Å². The molecule has 0 saturated carbocycles. The normalized spacial score (nSPS) is 13.9. The van der Waals surface area contributed by atoms with Crippen molar-refractivity contribution < 1.29 is 28.2 Å². The van der Waals surface area contributed by atoms with Gasteiger partial charge < -0.3 is 19.5 Å². The Balaban J connectivity index is 1.54. The van der Waals surface area contributed by atoms with Gasteiger partial charge in [0.15, 0.2) is 17.6 Å². The molecule has 0 radical (unpaired) electrons. The first kappa shape index (κ1) is 18.4. The summed E-state index contributed by atoms with van der Waals surface area (Å²) in [5, 5.41) is 2.54. The Morgan fingerprint density at radius 3 is 2.56 bits per heavy atom. The van der Waals surface area contributed by atoms with Crippen LogP contribution in [0.2, 0.25) is 0 Å². The van der Waals surface area contributed by atoms with Gasteiger partial charge in [-0.1, -0.05) is 6.07 Å². The fraction of sp³-hybridized carbons (Fsp3) is 0.200. The Hall–Kier alpha value is -3.35. The van der Waals surface area contributed by atoms with Gasteiger partial charge in [0.25, 0.3) is 5.91 Å². The van der Waals surface area contributed by atoms with E-state index in [4.69, 9.17) is 14.2 Å². The predicted octanol–water partition coefficient (Wildman–Crippen LogP) is 3.18. The Labute approximate surface area is 155 Å². The van der Waals surface area contributed by atoms with Crippen LogP contribution in [-0.4, -0.2) is 31.2 Å². The number of fused-ring (bicyclic) bond motifs is 1. The number of carbonyl (C=O) groups is 2. The van der Waals surface area contributed by atoms with Crippen LogP contribution in [0.25, 0.3) is 6.08 Å². The fourth-order valence-electron chi connectivity index (χ4n) is 2.37. The second kappa shape index (κ2) is 8.35. The van der Waals surface area contributed by atoms with Crippen molar-refractivity contribution >= 4 is 23.6 Å². The maximum Gasteiger partial charge on any atom is 0.331 e. The molecular weight excluding hydrogens is 353 g/mol. The molecule has 1 aliphatic heterocycles. The van der Waals surface area contributed by atoms with Gasteiger partial charge in [0.05, 0.1) is 0 Å². The number of benzene rings is 2. The molecule has 0 spiro atoms. The molecule has 1 amide bonds. The van der Waals surface area contributed by atoms with Crippen LogP contribution in [-0.2, 0) is 14.3 Å². The number of hydrogen-bond acceptors (Lipinski definition) is 5. The fourth-order valence-corrected chi connectivity index (χ4v) is 2.37. The van der Waals surface area contributed by atoms with E-state index in [2.05, 4.69) is 5.32 Å². The summed E-state index contributed by atoms with van der Waals surface area (Å²) in [5.74, 6) is -0.304. The van der Waals surface area contributed by atoms with Crippen molar-refractivity contribution in [3.05, 3.63) is 59.9 Å². The summed E-state index contributed by atoms with van der Waals surface area (Å²) in [4.78, 5) is 24.0. The van der Waals surface area contributed by atoms with Gasteiger partial charge in [0, 0.05) is 11.8 Å². The highest BCUT2D eigenvalue weighted by Crippen LogP contribution is 2.31. The van der Waals surface area contributed by atoms with Crippen molar-refractivity contribution in [3.63, 3.8) is 0 Å². The van der Waals surface area contributed by atoms with Crippen LogP contribution in [0.3, 0.4) is 0 Å². The van der Waals surface area contributed by atoms with Crippen LogP contribution in [0.15, 0.2) is 48.5 Å². The molecule has 3 rings (SSSR count). The lowest BCUT2D eigenvalue weighted by Gasteiger charge is -2.18. The van der Waals surface area contributed by atoms with Gasteiger partial charge in [0.1, 0.15) is 19.0 Å². The molecule has 1 heterocycles. The van der Waals surface area contributed by atoms with Gasteiger partial charge in [-0.3, -0.25) is 4.79 Å². The molecule has 0 fully saturated rings. The number of rotatable bonds is 5. The Morgan fingerprint density at radius 2 is 1.81 bits per heavy atom. The minimum Gasteiger partial charge on any atom is -0.486 e. The summed E-state index contributed by atoms with van der Waals surface area (Å²) >= 11 is 0. The summed E-state index contributed by atoms with van der Waals surface area (Å²) in [6.45, 7) is 2.43. The monoisotopic (exact) mass is 371 g/mol. The number of nitrogens with one attached hydrogen (secondary N) is 1. The highest BCUT2D eigenvalue weighted by atomic mass is 19.1. The summed E-state index contributed by atoms with van der Waals surface area (Å²) in [7, 11) is 0. The first-order chi connectivity index (χ1) is 13.0. The second-order valence-corrected chi connectivity index (χ2v) is 5.81.